The summed E-state index contributed by atoms with van der Waals surface area (Å²) >= 11 is 0. The van der Waals surface area contributed by atoms with Crippen LogP contribution in [0.2, 0.25) is 0 Å². The van der Waals surface area contributed by atoms with Crippen LogP contribution < -0.4 is 5.32 Å². The van der Waals surface area contributed by atoms with Crippen LogP contribution in [0.1, 0.15) is 24.4 Å². The van der Waals surface area contributed by atoms with Gasteiger partial charge in [0.1, 0.15) is 11.9 Å². The Morgan fingerprint density at radius 2 is 2.29 bits per heavy atom. The molecule has 28 heavy (non-hydrogen) atoms. The third-order valence-corrected chi connectivity index (χ3v) is 4.78. The predicted octanol–water partition coefficient (Wildman–Crippen LogP) is 1.04. The average molecular weight is 382 g/mol. The Morgan fingerprint density at radius 1 is 1.36 bits per heavy atom. The number of aromatic nitrogens is 5. The molecule has 3 aromatic rings. The summed E-state index contributed by atoms with van der Waals surface area (Å²) in [5.74, 6) is 1.83. The van der Waals surface area contributed by atoms with Gasteiger partial charge in [-0.2, -0.15) is 5.10 Å². The lowest BCUT2D eigenvalue weighted by Gasteiger charge is -2.34. The summed E-state index contributed by atoms with van der Waals surface area (Å²) in [5.41, 5.74) is 1.96. The maximum atomic E-state index is 5.95. The Labute approximate surface area is 164 Å². The summed E-state index contributed by atoms with van der Waals surface area (Å²) in [4.78, 5) is 7.08. The quantitative estimate of drug-likeness (QED) is 0.524. The number of morpholine rings is 1. The number of hydrogen-bond acceptors (Lipinski definition) is 5. The lowest BCUT2D eigenvalue weighted by Crippen LogP contribution is -2.48. The first-order valence-electron chi connectivity index (χ1n) is 9.66. The monoisotopic (exact) mass is 382 g/mol. The first kappa shape index (κ1) is 18.4. The molecule has 0 aromatic carbocycles. The molecule has 0 saturated carbocycles. The molecule has 4 rings (SSSR count). The predicted molar refractivity (Wildman–Crippen MR) is 106 cm³/mol. The van der Waals surface area contributed by atoms with Crippen molar-refractivity contribution in [1.29, 1.82) is 0 Å². The maximum Gasteiger partial charge on any atom is 0.194 e. The molecule has 9 nitrogen and oxygen atoms in total. The van der Waals surface area contributed by atoms with Crippen LogP contribution in [0.25, 0.3) is 5.65 Å². The molecule has 0 bridgehead atoms. The van der Waals surface area contributed by atoms with E-state index in [0.717, 1.165) is 49.0 Å². The van der Waals surface area contributed by atoms with Crippen LogP contribution in [0.3, 0.4) is 0 Å². The Hall–Kier alpha value is -2.94. The minimum Gasteiger partial charge on any atom is -0.370 e. The van der Waals surface area contributed by atoms with Gasteiger partial charge >= 0.3 is 0 Å². The van der Waals surface area contributed by atoms with Gasteiger partial charge in [0.15, 0.2) is 11.6 Å². The summed E-state index contributed by atoms with van der Waals surface area (Å²) in [6.07, 6.45) is 6.60. The van der Waals surface area contributed by atoms with Crippen molar-refractivity contribution < 1.29 is 4.74 Å². The summed E-state index contributed by atoms with van der Waals surface area (Å²) in [6.45, 7) is 5.79. The zero-order valence-corrected chi connectivity index (χ0v) is 16.3. The largest absolute Gasteiger partial charge is 0.370 e. The van der Waals surface area contributed by atoms with Crippen molar-refractivity contribution in [3.63, 3.8) is 0 Å². The number of hydrogen-bond donors (Lipinski definition) is 1. The molecule has 1 aliphatic heterocycles. The minimum atomic E-state index is 0.00625. The number of fused-ring (bicyclic) bond motifs is 1. The van der Waals surface area contributed by atoms with Gasteiger partial charge in [-0.05, 0) is 19.1 Å². The summed E-state index contributed by atoms with van der Waals surface area (Å²) in [6, 6.07) is 5.90. The van der Waals surface area contributed by atoms with Gasteiger partial charge in [-0.1, -0.05) is 6.07 Å². The lowest BCUT2D eigenvalue weighted by atomic mass is 10.1. The first-order chi connectivity index (χ1) is 13.7. The van der Waals surface area contributed by atoms with Crippen molar-refractivity contribution in [1.82, 2.24) is 34.6 Å². The third-order valence-electron chi connectivity index (χ3n) is 4.78. The van der Waals surface area contributed by atoms with Crippen LogP contribution >= 0.6 is 0 Å². The second-order valence-corrected chi connectivity index (χ2v) is 6.78. The molecule has 1 unspecified atom stereocenters. The second kappa shape index (κ2) is 8.39. The molecule has 1 atom stereocenters. The van der Waals surface area contributed by atoms with E-state index in [1.807, 2.05) is 48.2 Å². The van der Waals surface area contributed by atoms with Gasteiger partial charge in [0.05, 0.1) is 19.3 Å². The van der Waals surface area contributed by atoms with E-state index in [0.29, 0.717) is 13.2 Å². The molecular formula is C19H26N8O. The molecule has 0 aliphatic carbocycles. The summed E-state index contributed by atoms with van der Waals surface area (Å²) in [7, 11) is 1.92. The van der Waals surface area contributed by atoms with E-state index in [-0.39, 0.29) is 6.10 Å². The highest BCUT2D eigenvalue weighted by atomic mass is 16.5. The van der Waals surface area contributed by atoms with E-state index in [2.05, 4.69) is 32.4 Å². The van der Waals surface area contributed by atoms with Crippen LogP contribution in [0, 0.1) is 0 Å². The number of aliphatic imine (C=N–C) groups is 1. The molecule has 4 heterocycles. The second-order valence-electron chi connectivity index (χ2n) is 6.78. The third kappa shape index (κ3) is 3.99. The van der Waals surface area contributed by atoms with E-state index in [9.17, 15) is 0 Å². The van der Waals surface area contributed by atoms with Gasteiger partial charge in [-0.3, -0.25) is 14.1 Å². The topological polar surface area (TPSA) is 84.9 Å². The highest BCUT2D eigenvalue weighted by Gasteiger charge is 2.25. The van der Waals surface area contributed by atoms with Crippen molar-refractivity contribution in [2.24, 2.45) is 12.0 Å². The number of aryl methyl sites for hydroxylation is 1. The molecule has 0 amide bonds. The van der Waals surface area contributed by atoms with Crippen LogP contribution in [-0.4, -0.2) is 68.0 Å². The van der Waals surface area contributed by atoms with Crippen LogP contribution in [0.5, 0.6) is 0 Å². The van der Waals surface area contributed by atoms with Gasteiger partial charge in [-0.25, -0.2) is 0 Å². The zero-order chi connectivity index (χ0) is 19.3. The molecule has 0 radical (unpaired) electrons. The fourth-order valence-corrected chi connectivity index (χ4v) is 3.40. The average Bonchev–Trinajstić information content (AvgIpc) is 3.34. The molecule has 3 aromatic heterocycles. The van der Waals surface area contributed by atoms with Crippen molar-refractivity contribution >= 4 is 11.6 Å². The van der Waals surface area contributed by atoms with E-state index in [1.165, 1.54) is 0 Å². The number of ether oxygens (including phenoxy) is 1. The van der Waals surface area contributed by atoms with E-state index in [1.54, 1.807) is 4.68 Å². The smallest absolute Gasteiger partial charge is 0.194 e. The Kier molecular flexibility index (Phi) is 5.52. The summed E-state index contributed by atoms with van der Waals surface area (Å²) < 4.78 is 9.76. The highest BCUT2D eigenvalue weighted by Crippen LogP contribution is 2.21. The Bertz CT molecular complexity index is 946. The Morgan fingerprint density at radius 3 is 3.11 bits per heavy atom. The maximum absolute atomic E-state index is 5.95. The molecule has 1 N–H and O–H groups in total. The number of nitrogens with one attached hydrogen (secondary N) is 1. The van der Waals surface area contributed by atoms with Gasteiger partial charge in [0.2, 0.25) is 0 Å². The van der Waals surface area contributed by atoms with Crippen molar-refractivity contribution in [3.8, 4) is 0 Å². The van der Waals surface area contributed by atoms with Gasteiger partial charge in [0, 0.05) is 51.1 Å². The molecule has 1 fully saturated rings. The number of guanidine groups is 1. The van der Waals surface area contributed by atoms with Crippen LogP contribution in [0.4, 0.5) is 0 Å². The van der Waals surface area contributed by atoms with Crippen molar-refractivity contribution in [2.75, 3.05) is 32.8 Å². The fourth-order valence-electron chi connectivity index (χ4n) is 3.40. The minimum absolute atomic E-state index is 0.00625. The van der Waals surface area contributed by atoms with Crippen molar-refractivity contribution in [2.45, 2.75) is 19.4 Å². The molecule has 1 aliphatic rings. The lowest BCUT2D eigenvalue weighted by molar-refractivity contribution is -0.00803. The van der Waals surface area contributed by atoms with Gasteiger partial charge in [-0.15, -0.1) is 10.2 Å². The van der Waals surface area contributed by atoms with E-state index >= 15 is 0 Å². The van der Waals surface area contributed by atoms with Gasteiger partial charge in [0.25, 0.3) is 0 Å². The zero-order valence-electron chi connectivity index (χ0n) is 16.3. The number of pyridine rings is 1. The number of rotatable bonds is 5. The molecular weight excluding hydrogens is 356 g/mol. The number of nitrogens with zero attached hydrogens (tertiary/aromatic N) is 7. The first-order valence-corrected chi connectivity index (χ1v) is 9.66. The SMILES string of the molecule is CCNC(=NCCc1nnc2ccccn12)N1CCOC(c2cnn(C)c2)C1. The van der Waals surface area contributed by atoms with Gasteiger partial charge < -0.3 is 15.0 Å². The molecule has 0 spiro atoms. The Balaban J connectivity index is 1.43. The van der Waals surface area contributed by atoms with E-state index < -0.39 is 0 Å². The summed E-state index contributed by atoms with van der Waals surface area (Å²) in [5, 5.41) is 16.1. The highest BCUT2D eigenvalue weighted by molar-refractivity contribution is 5.80. The fraction of sp³-hybridized carbons (Fsp3) is 0.474. The molecule has 9 heteroatoms. The van der Waals surface area contributed by atoms with Crippen LogP contribution in [-0.2, 0) is 18.2 Å². The van der Waals surface area contributed by atoms with Crippen LogP contribution in [0.15, 0.2) is 41.8 Å². The van der Waals surface area contributed by atoms with E-state index in [4.69, 9.17) is 9.73 Å². The van der Waals surface area contributed by atoms with Crippen molar-refractivity contribution in [3.05, 3.63) is 48.2 Å². The normalized spacial score (nSPS) is 18.0. The molecule has 1 saturated heterocycles. The standard InChI is InChI=1S/C19H26N8O/c1-3-20-19(21-8-7-18-24-23-17-6-4-5-9-27(17)18)26-10-11-28-16(14-26)15-12-22-25(2)13-15/h4-6,9,12-13,16H,3,7-8,10-11,14H2,1-2H3,(H,20,21). The molecule has 148 valence electrons.